The summed E-state index contributed by atoms with van der Waals surface area (Å²) in [6.07, 6.45) is 5.44. The Bertz CT molecular complexity index is 235. The van der Waals surface area contributed by atoms with Gasteiger partial charge in [0.05, 0.1) is 18.0 Å². The Morgan fingerprint density at radius 3 is 2.07 bits per heavy atom. The molecule has 0 bridgehead atoms. The van der Waals surface area contributed by atoms with Crippen molar-refractivity contribution in [2.24, 2.45) is 0 Å². The molecule has 0 N–H and O–H groups in total. The lowest BCUT2D eigenvalue weighted by molar-refractivity contribution is -0.152. The Morgan fingerprint density at radius 2 is 1.80 bits per heavy atom. The van der Waals surface area contributed by atoms with E-state index in [2.05, 4.69) is 13.5 Å². The van der Waals surface area contributed by atoms with Crippen molar-refractivity contribution in [3.05, 3.63) is 12.3 Å². The fourth-order valence-corrected chi connectivity index (χ4v) is 1.64. The zero-order chi connectivity index (χ0) is 11.3. The predicted molar refractivity (Wildman–Crippen MR) is 58.3 cm³/mol. The lowest BCUT2D eigenvalue weighted by atomic mass is 10.1. The van der Waals surface area contributed by atoms with Crippen molar-refractivity contribution in [1.82, 2.24) is 0 Å². The van der Waals surface area contributed by atoms with Gasteiger partial charge in [0.25, 0.3) is 0 Å². The van der Waals surface area contributed by atoms with Crippen LogP contribution in [0.4, 0.5) is 0 Å². The first-order chi connectivity index (χ1) is 7.08. The maximum absolute atomic E-state index is 10.5. The molecule has 0 aromatic carbocycles. The third-order valence-corrected chi connectivity index (χ3v) is 2.52. The zero-order valence-electron chi connectivity index (χ0n) is 9.62. The van der Waals surface area contributed by atoms with Crippen molar-refractivity contribution in [3.8, 4) is 0 Å². The Hall–Kier alpha value is -0.990. The molecule has 0 amide bonds. The maximum Gasteiger partial charge on any atom is 0.306 e. The van der Waals surface area contributed by atoms with Crippen LogP contribution in [0.3, 0.4) is 0 Å². The summed E-state index contributed by atoms with van der Waals surface area (Å²) in [6.45, 7) is 7.68. The summed E-state index contributed by atoms with van der Waals surface area (Å²) in [6, 6.07) is 0. The van der Waals surface area contributed by atoms with E-state index in [1.54, 1.807) is 0 Å². The lowest BCUT2D eigenvalue weighted by Crippen LogP contribution is -2.19. The van der Waals surface area contributed by atoms with Gasteiger partial charge in [-0.1, -0.05) is 6.58 Å². The molecule has 3 heteroatoms. The van der Waals surface area contributed by atoms with Crippen LogP contribution in [0.5, 0.6) is 0 Å². The Labute approximate surface area is 91.4 Å². The number of carbonyl (C=O) groups is 1. The van der Waals surface area contributed by atoms with Crippen LogP contribution in [0, 0.1) is 0 Å². The zero-order valence-corrected chi connectivity index (χ0v) is 9.62. The summed E-state index contributed by atoms with van der Waals surface area (Å²) in [5.74, 6) is 0.913. The van der Waals surface area contributed by atoms with Crippen LogP contribution in [0.1, 0.15) is 46.0 Å². The van der Waals surface area contributed by atoms with Gasteiger partial charge in [-0.3, -0.25) is 4.79 Å². The van der Waals surface area contributed by atoms with Gasteiger partial charge in [0.1, 0.15) is 0 Å². The molecule has 2 aliphatic heterocycles. The number of esters is 1. The lowest BCUT2D eigenvalue weighted by Gasteiger charge is -2.17. The van der Waals surface area contributed by atoms with Gasteiger partial charge >= 0.3 is 5.97 Å². The molecule has 0 aromatic heterocycles. The van der Waals surface area contributed by atoms with E-state index in [1.165, 1.54) is 0 Å². The number of cyclic esters (lactones) is 1. The van der Waals surface area contributed by atoms with E-state index in [0.717, 1.165) is 31.4 Å². The summed E-state index contributed by atoms with van der Waals surface area (Å²) < 4.78 is 10.0. The van der Waals surface area contributed by atoms with Gasteiger partial charge in [0.15, 0.2) is 0 Å². The van der Waals surface area contributed by atoms with Crippen LogP contribution in [0.2, 0.25) is 0 Å². The van der Waals surface area contributed by atoms with E-state index in [9.17, 15) is 4.79 Å². The standard InChI is InChI=1S/C6H10O2.C6H10O/c1-5-3-2-4-6(7)8-5;1-5-3-4-6(2)7-5/h5H,2-4H2,1H3;6H,1,3-4H2,2H3. The number of hydrogen-bond donors (Lipinski definition) is 0. The van der Waals surface area contributed by atoms with Crippen LogP contribution in [0.15, 0.2) is 12.3 Å². The topological polar surface area (TPSA) is 35.5 Å². The van der Waals surface area contributed by atoms with Gasteiger partial charge in [0.2, 0.25) is 0 Å². The summed E-state index contributed by atoms with van der Waals surface area (Å²) in [7, 11) is 0. The van der Waals surface area contributed by atoms with Gasteiger partial charge in [-0.05, 0) is 33.1 Å². The fourth-order valence-electron chi connectivity index (χ4n) is 1.64. The molecule has 0 spiro atoms. The highest BCUT2D eigenvalue weighted by Crippen LogP contribution is 2.19. The van der Waals surface area contributed by atoms with E-state index >= 15 is 0 Å². The minimum Gasteiger partial charge on any atom is -0.496 e. The molecule has 0 aromatic rings. The summed E-state index contributed by atoms with van der Waals surface area (Å²) >= 11 is 0. The Kier molecular flexibility index (Phi) is 4.66. The van der Waals surface area contributed by atoms with Gasteiger partial charge in [-0.2, -0.15) is 0 Å². The Morgan fingerprint density at radius 1 is 1.13 bits per heavy atom. The van der Waals surface area contributed by atoms with E-state index in [1.807, 2.05) is 6.92 Å². The van der Waals surface area contributed by atoms with Crippen LogP contribution < -0.4 is 0 Å². The van der Waals surface area contributed by atoms with Gasteiger partial charge in [0, 0.05) is 12.8 Å². The van der Waals surface area contributed by atoms with Gasteiger partial charge in [-0.15, -0.1) is 0 Å². The van der Waals surface area contributed by atoms with Crippen LogP contribution in [0.25, 0.3) is 0 Å². The second kappa shape index (κ2) is 5.79. The fraction of sp³-hybridized carbons (Fsp3) is 0.750. The van der Waals surface area contributed by atoms with Gasteiger partial charge in [-0.25, -0.2) is 0 Å². The molecule has 2 saturated heterocycles. The molecule has 2 atom stereocenters. The van der Waals surface area contributed by atoms with E-state index in [4.69, 9.17) is 9.47 Å². The monoisotopic (exact) mass is 212 g/mol. The third-order valence-electron chi connectivity index (χ3n) is 2.52. The first-order valence-corrected chi connectivity index (χ1v) is 5.62. The molecule has 2 fully saturated rings. The number of hydrogen-bond acceptors (Lipinski definition) is 3. The molecule has 0 aliphatic carbocycles. The summed E-state index contributed by atoms with van der Waals surface area (Å²) in [5.41, 5.74) is 0. The average molecular weight is 212 g/mol. The number of ether oxygens (including phenoxy) is 2. The minimum absolute atomic E-state index is 0.0382. The molecule has 0 radical (unpaired) electrons. The third kappa shape index (κ3) is 4.86. The molecule has 86 valence electrons. The molecular weight excluding hydrogens is 192 g/mol. The predicted octanol–water partition coefficient (Wildman–Crippen LogP) is 2.80. The molecule has 2 heterocycles. The quantitative estimate of drug-likeness (QED) is 0.579. The van der Waals surface area contributed by atoms with Crippen LogP contribution in [-0.4, -0.2) is 18.2 Å². The van der Waals surface area contributed by atoms with Crippen LogP contribution in [-0.2, 0) is 14.3 Å². The first-order valence-electron chi connectivity index (χ1n) is 5.62. The minimum atomic E-state index is -0.0382. The highest BCUT2D eigenvalue weighted by atomic mass is 16.5. The number of carbonyl (C=O) groups excluding carboxylic acids is 1. The van der Waals surface area contributed by atoms with Crippen molar-refractivity contribution < 1.29 is 14.3 Å². The molecule has 2 aliphatic rings. The molecule has 2 rings (SSSR count). The van der Waals surface area contributed by atoms with Crippen molar-refractivity contribution in [1.29, 1.82) is 0 Å². The highest BCUT2D eigenvalue weighted by Gasteiger charge is 2.14. The average Bonchev–Trinajstić information content (AvgIpc) is 2.50. The van der Waals surface area contributed by atoms with Crippen molar-refractivity contribution in [2.45, 2.75) is 58.2 Å². The van der Waals surface area contributed by atoms with E-state index in [0.29, 0.717) is 12.5 Å². The van der Waals surface area contributed by atoms with Crippen LogP contribution >= 0.6 is 0 Å². The molecular formula is C12H20O3. The molecule has 0 saturated carbocycles. The first kappa shape index (κ1) is 12.1. The van der Waals surface area contributed by atoms with E-state index < -0.39 is 0 Å². The van der Waals surface area contributed by atoms with Crippen molar-refractivity contribution in [2.75, 3.05) is 0 Å². The maximum atomic E-state index is 10.5. The SMILES string of the molecule is C=C1CCC(C)O1.CC1CCCC(=O)O1. The smallest absolute Gasteiger partial charge is 0.306 e. The summed E-state index contributed by atoms with van der Waals surface area (Å²) in [5, 5.41) is 0. The highest BCUT2D eigenvalue weighted by molar-refractivity contribution is 5.70. The van der Waals surface area contributed by atoms with Crippen molar-refractivity contribution >= 4 is 5.97 Å². The van der Waals surface area contributed by atoms with Gasteiger partial charge < -0.3 is 9.47 Å². The normalized spacial score (nSPS) is 30.0. The Balaban J connectivity index is 0.000000151. The molecule has 2 unspecified atom stereocenters. The van der Waals surface area contributed by atoms with Crippen molar-refractivity contribution in [3.63, 3.8) is 0 Å². The van der Waals surface area contributed by atoms with E-state index in [-0.39, 0.29) is 12.1 Å². The summed E-state index contributed by atoms with van der Waals surface area (Å²) in [4.78, 5) is 10.5. The molecule has 3 nitrogen and oxygen atoms in total. The largest absolute Gasteiger partial charge is 0.496 e. The number of allylic oxidation sites excluding steroid dienone is 1. The molecule has 15 heavy (non-hydrogen) atoms. The number of rotatable bonds is 0. The second-order valence-electron chi connectivity index (χ2n) is 4.20. The second-order valence-corrected chi connectivity index (χ2v) is 4.20.